The molecule has 0 N–H and O–H groups in total. The molecule has 0 aliphatic carbocycles. The number of benzene rings is 2. The Balaban J connectivity index is 2.27. The van der Waals surface area contributed by atoms with Crippen LogP contribution in [0.4, 0.5) is 0 Å². The van der Waals surface area contributed by atoms with Crippen molar-refractivity contribution < 1.29 is 4.79 Å². The van der Waals surface area contributed by atoms with Crippen molar-refractivity contribution in [3.8, 4) is 0 Å². The summed E-state index contributed by atoms with van der Waals surface area (Å²) in [6.45, 7) is 9.11. The van der Waals surface area contributed by atoms with Crippen molar-refractivity contribution in [2.45, 2.75) is 207 Å². The second-order valence-electron chi connectivity index (χ2n) is 15.0. The average Bonchev–Trinajstić information content (AvgIpc) is 3.14. The molecule has 0 spiro atoms. The fourth-order valence-corrected chi connectivity index (χ4v) is 7.31. The Morgan fingerprint density at radius 3 is 1.24 bits per heavy atom. The monoisotopic (exact) mass is 681 g/mol. The molecule has 0 aliphatic heterocycles. The summed E-state index contributed by atoms with van der Waals surface area (Å²) >= 11 is 0. The lowest BCUT2D eigenvalue weighted by atomic mass is 9.84. The lowest BCUT2D eigenvalue weighted by Crippen LogP contribution is -2.02. The first-order valence-corrected chi connectivity index (χ1v) is 21.6. The number of rotatable bonds is 31. The van der Waals surface area contributed by atoms with E-state index in [9.17, 15) is 5.53 Å². The summed E-state index contributed by atoms with van der Waals surface area (Å²) in [5.41, 5.74) is 18.9. The average molecular weight is 681 g/mol. The third-order valence-electron chi connectivity index (χ3n) is 10.5. The van der Waals surface area contributed by atoms with Crippen molar-refractivity contribution in [3.05, 3.63) is 87.5 Å². The summed E-state index contributed by atoms with van der Waals surface area (Å²) in [6, 6.07) is 18.8. The molecule has 278 valence electrons. The minimum Gasteiger partial charge on any atom is -0.348 e. The number of hydrogen-bond donors (Lipinski definition) is 0. The first-order chi connectivity index (χ1) is 24.7. The Kier molecular flexibility index (Phi) is 26.1. The van der Waals surface area contributed by atoms with Gasteiger partial charge in [0.25, 0.3) is 0 Å². The molecule has 0 radical (unpaired) electrons. The largest absolute Gasteiger partial charge is 0.348 e. The van der Waals surface area contributed by atoms with E-state index in [1.54, 1.807) is 0 Å². The molecule has 0 aliphatic rings. The van der Waals surface area contributed by atoms with Crippen LogP contribution < -0.4 is 0 Å². The van der Waals surface area contributed by atoms with Crippen molar-refractivity contribution in [1.29, 1.82) is 0 Å². The van der Waals surface area contributed by atoms with Gasteiger partial charge in [0.1, 0.15) is 0 Å². The third kappa shape index (κ3) is 19.1. The van der Waals surface area contributed by atoms with E-state index in [1.165, 1.54) is 175 Å². The summed E-state index contributed by atoms with van der Waals surface area (Å²) < 4.78 is 0. The molecule has 0 saturated heterocycles. The molecule has 0 unspecified atom stereocenters. The van der Waals surface area contributed by atoms with Gasteiger partial charge < -0.3 is 5.53 Å². The zero-order valence-electron chi connectivity index (χ0n) is 33.3. The fourth-order valence-electron chi connectivity index (χ4n) is 7.31. The first kappa shape index (κ1) is 43.5. The number of unbranched alkanes of at least 4 members (excludes halogenated alkanes) is 20. The van der Waals surface area contributed by atoms with Gasteiger partial charge in [0, 0.05) is 0 Å². The van der Waals surface area contributed by atoms with Gasteiger partial charge in [-0.1, -0.05) is 205 Å². The third-order valence-corrected chi connectivity index (χ3v) is 10.5. The van der Waals surface area contributed by atoms with Gasteiger partial charge in [-0.15, -0.1) is 4.79 Å². The minimum absolute atomic E-state index is 0.903. The van der Waals surface area contributed by atoms with Crippen molar-refractivity contribution in [1.82, 2.24) is 0 Å². The molecule has 2 heteroatoms. The smallest absolute Gasteiger partial charge is 0.303 e. The zero-order chi connectivity index (χ0) is 35.9. The molecule has 0 atom stereocenters. The van der Waals surface area contributed by atoms with E-state index in [1.807, 2.05) is 0 Å². The van der Waals surface area contributed by atoms with Gasteiger partial charge in [-0.3, -0.25) is 0 Å². The highest BCUT2D eigenvalue weighted by Gasteiger charge is 2.18. The Morgan fingerprint density at radius 1 is 0.440 bits per heavy atom. The summed E-state index contributed by atoms with van der Waals surface area (Å²) in [4.78, 5) is 3.52. The van der Waals surface area contributed by atoms with Gasteiger partial charge in [0.2, 0.25) is 0 Å². The maximum absolute atomic E-state index is 9.83. The van der Waals surface area contributed by atoms with Gasteiger partial charge in [0.15, 0.2) is 0 Å². The highest BCUT2D eigenvalue weighted by atomic mass is 14.8. The maximum atomic E-state index is 9.83. The van der Waals surface area contributed by atoms with Gasteiger partial charge in [0.05, 0.1) is 5.57 Å². The van der Waals surface area contributed by atoms with Crippen LogP contribution in [-0.4, -0.2) is 10.7 Å². The number of nitrogens with zero attached hydrogens (tertiary/aromatic N) is 2. The van der Waals surface area contributed by atoms with E-state index in [2.05, 4.69) is 86.9 Å². The highest BCUT2D eigenvalue weighted by molar-refractivity contribution is 5.87. The molecule has 0 aromatic heterocycles. The molecule has 2 rings (SSSR count). The molecule has 2 nitrogen and oxygen atoms in total. The minimum atomic E-state index is 0.903. The number of aryl methyl sites for hydroxylation is 2. The Labute approximate surface area is 310 Å². The molecule has 0 fully saturated rings. The van der Waals surface area contributed by atoms with Crippen LogP contribution >= 0.6 is 0 Å². The number of hydrogen-bond acceptors (Lipinski definition) is 0. The van der Waals surface area contributed by atoms with Crippen molar-refractivity contribution in [3.63, 3.8) is 0 Å². The highest BCUT2D eigenvalue weighted by Crippen LogP contribution is 2.35. The summed E-state index contributed by atoms with van der Waals surface area (Å²) in [6.07, 6.45) is 35.7. The van der Waals surface area contributed by atoms with Crippen LogP contribution in [-0.2, 0) is 12.8 Å². The van der Waals surface area contributed by atoms with Crippen molar-refractivity contribution in [2.24, 2.45) is 0 Å². The molecule has 2 aromatic carbocycles. The predicted octanol–water partition coefficient (Wildman–Crippen LogP) is 15.6. The first-order valence-electron chi connectivity index (χ1n) is 21.6. The Bertz CT molecular complexity index is 1220. The molecule has 2 aromatic rings. The SMILES string of the molecule is CCCCCCCCCCCCCCCC(C(=C=[N+]=[N-])CCCCC)=C(c1ccc(CCCC)cc1)c1ccc(CCCCCCCC)cc1. The standard InChI is InChI=1S/C48H76N2/c1-5-9-13-15-17-18-19-20-21-22-23-25-28-32-47(46(41-50-49)31-26-11-7-3)48(44-37-33-42(34-38-44)29-12-8-4)45-39-35-43(36-40-45)30-27-24-16-14-10-6-2/h33-40H,5-32H2,1-4H3. The maximum Gasteiger partial charge on any atom is 0.303 e. The van der Waals surface area contributed by atoms with Crippen LogP contribution in [0, 0.1) is 0 Å². The van der Waals surface area contributed by atoms with Crippen LogP contribution in [0.2, 0.25) is 0 Å². The summed E-state index contributed by atoms with van der Waals surface area (Å²) in [5, 5.41) is 0. The topological polar surface area (TPSA) is 36.4 Å². The van der Waals surface area contributed by atoms with E-state index in [0.717, 1.165) is 44.1 Å². The molecule has 0 amide bonds. The quantitative estimate of drug-likeness (QED) is 0.0250. The molecule has 50 heavy (non-hydrogen) atoms. The van der Waals surface area contributed by atoms with Crippen LogP contribution in [0.5, 0.6) is 0 Å². The van der Waals surface area contributed by atoms with Crippen LogP contribution in [0.3, 0.4) is 0 Å². The van der Waals surface area contributed by atoms with Crippen LogP contribution in [0.25, 0.3) is 11.1 Å². The van der Waals surface area contributed by atoms with Crippen molar-refractivity contribution in [2.75, 3.05) is 0 Å². The van der Waals surface area contributed by atoms with Crippen LogP contribution in [0.1, 0.15) is 217 Å². The lowest BCUT2D eigenvalue weighted by Gasteiger charge is -2.18. The van der Waals surface area contributed by atoms with Crippen LogP contribution in [0.15, 0.2) is 59.7 Å². The summed E-state index contributed by atoms with van der Waals surface area (Å²) in [5.74, 6) is 3.10. The van der Waals surface area contributed by atoms with E-state index >= 15 is 0 Å². The molecular weight excluding hydrogens is 605 g/mol. The van der Waals surface area contributed by atoms with Gasteiger partial charge in [-0.2, -0.15) is 0 Å². The van der Waals surface area contributed by atoms with Gasteiger partial charge >= 0.3 is 5.87 Å². The van der Waals surface area contributed by atoms with E-state index in [-0.39, 0.29) is 0 Å². The second kappa shape index (κ2) is 30.0. The lowest BCUT2D eigenvalue weighted by molar-refractivity contribution is 0.00739. The van der Waals surface area contributed by atoms with E-state index < -0.39 is 0 Å². The Morgan fingerprint density at radius 2 is 0.800 bits per heavy atom. The molecular formula is C48H76N2. The molecule has 0 heterocycles. The zero-order valence-corrected chi connectivity index (χ0v) is 33.3. The van der Waals surface area contributed by atoms with E-state index in [0.29, 0.717) is 0 Å². The summed E-state index contributed by atoms with van der Waals surface area (Å²) in [7, 11) is 0. The predicted molar refractivity (Wildman–Crippen MR) is 221 cm³/mol. The molecule has 0 saturated carbocycles. The normalized spacial score (nSPS) is 11.7. The van der Waals surface area contributed by atoms with Gasteiger partial charge in [-0.25, -0.2) is 0 Å². The number of allylic oxidation sites excluding steroid dienone is 2. The van der Waals surface area contributed by atoms with Gasteiger partial charge in [-0.05, 0) is 84.8 Å². The fraction of sp³-hybridized carbons (Fsp3) is 0.667. The Hall–Kier alpha value is -2.66. The van der Waals surface area contributed by atoms with Crippen molar-refractivity contribution >= 4 is 11.4 Å². The van der Waals surface area contributed by atoms with E-state index in [4.69, 9.17) is 0 Å². The second-order valence-corrected chi connectivity index (χ2v) is 15.0. The molecule has 0 bridgehead atoms.